The number of nitrogens with two attached hydrogens (primary N) is 1. The van der Waals surface area contributed by atoms with Crippen molar-refractivity contribution in [3.63, 3.8) is 0 Å². The number of hydrogen-bond donors (Lipinski definition) is 2. The van der Waals surface area contributed by atoms with Crippen LogP contribution in [0.2, 0.25) is 0 Å². The van der Waals surface area contributed by atoms with Gasteiger partial charge in [-0.05, 0) is 13.0 Å². The summed E-state index contributed by atoms with van der Waals surface area (Å²) in [6.45, 7) is 4.38. The molecular weight excluding hydrogens is 154 g/mol. The van der Waals surface area contributed by atoms with Gasteiger partial charge >= 0.3 is 0 Å². The topological polar surface area (TPSA) is 86.2 Å². The highest BCUT2D eigenvalue weighted by Crippen LogP contribution is 2.14. The molecule has 0 saturated heterocycles. The van der Waals surface area contributed by atoms with E-state index in [0.717, 1.165) is 12.2 Å². The average molecular weight is 169 g/mol. The van der Waals surface area contributed by atoms with Crippen molar-refractivity contribution in [1.82, 2.24) is 9.97 Å². The van der Waals surface area contributed by atoms with E-state index in [4.69, 9.17) is 5.73 Å². The van der Waals surface area contributed by atoms with E-state index in [1.807, 2.05) is 12.3 Å². The molecule has 0 fully saturated rings. The Morgan fingerprint density at radius 3 is 2.92 bits per heavy atom. The summed E-state index contributed by atoms with van der Waals surface area (Å²) in [5.74, 6) is 1.22. The van der Waals surface area contributed by atoms with Gasteiger partial charge in [-0.1, -0.05) is 6.08 Å². The van der Waals surface area contributed by atoms with E-state index in [9.17, 15) is 0 Å². The van der Waals surface area contributed by atoms with Crippen LogP contribution in [-0.4, -0.2) is 22.0 Å². The van der Waals surface area contributed by atoms with Crippen LogP contribution in [0.1, 0.15) is 18.2 Å². The minimum atomic E-state index is 0. The van der Waals surface area contributed by atoms with Crippen molar-refractivity contribution in [2.24, 2.45) is 5.73 Å². The van der Waals surface area contributed by atoms with Gasteiger partial charge in [0, 0.05) is 18.3 Å². The standard InChI is InChI=1S/C8H13N3.H2O/c1-2-7(3-4-9)8-10-5-6-11-8;/h2,5-7H,1,3-4,9H2,(H,10,11);1H2. The molecule has 1 rings (SSSR count). The highest BCUT2D eigenvalue weighted by molar-refractivity contribution is 5.04. The SMILES string of the molecule is C=CC(CCN)c1ncc[nH]1.O. The summed E-state index contributed by atoms with van der Waals surface area (Å²) in [7, 11) is 0. The first-order chi connectivity index (χ1) is 5.38. The zero-order valence-electron chi connectivity index (χ0n) is 6.96. The number of imidazole rings is 1. The van der Waals surface area contributed by atoms with E-state index >= 15 is 0 Å². The third kappa shape index (κ3) is 2.48. The van der Waals surface area contributed by atoms with E-state index in [1.54, 1.807) is 6.20 Å². The average Bonchev–Trinajstić information content (AvgIpc) is 2.52. The summed E-state index contributed by atoms with van der Waals surface area (Å²) in [5.41, 5.74) is 5.42. The lowest BCUT2D eigenvalue weighted by molar-refractivity contribution is 0.711. The van der Waals surface area contributed by atoms with Crippen molar-refractivity contribution in [2.45, 2.75) is 12.3 Å². The molecular formula is C8H15N3O. The minimum Gasteiger partial charge on any atom is -0.412 e. The Kier molecular flexibility index (Phi) is 4.99. The third-order valence-electron chi connectivity index (χ3n) is 1.63. The van der Waals surface area contributed by atoms with Crippen molar-refractivity contribution in [2.75, 3.05) is 6.54 Å². The predicted octanol–water partition coefficient (Wildman–Crippen LogP) is 0.203. The van der Waals surface area contributed by atoms with Gasteiger partial charge in [0.15, 0.2) is 0 Å². The van der Waals surface area contributed by atoms with Gasteiger partial charge in [0.25, 0.3) is 0 Å². The Bertz CT molecular complexity index is 208. The molecule has 0 saturated carbocycles. The molecule has 0 aliphatic carbocycles. The first kappa shape index (κ1) is 10.9. The maximum atomic E-state index is 5.42. The first-order valence-corrected chi connectivity index (χ1v) is 3.70. The van der Waals surface area contributed by atoms with Crippen molar-refractivity contribution >= 4 is 0 Å². The molecule has 12 heavy (non-hydrogen) atoms. The number of hydrogen-bond acceptors (Lipinski definition) is 2. The van der Waals surface area contributed by atoms with Gasteiger partial charge in [0.1, 0.15) is 5.82 Å². The van der Waals surface area contributed by atoms with Gasteiger partial charge in [-0.3, -0.25) is 0 Å². The van der Waals surface area contributed by atoms with Gasteiger partial charge in [-0.25, -0.2) is 4.98 Å². The predicted molar refractivity (Wildman–Crippen MR) is 48.8 cm³/mol. The van der Waals surface area contributed by atoms with Crippen molar-refractivity contribution in [1.29, 1.82) is 0 Å². The van der Waals surface area contributed by atoms with Crippen LogP contribution < -0.4 is 5.73 Å². The van der Waals surface area contributed by atoms with E-state index < -0.39 is 0 Å². The second kappa shape index (κ2) is 5.51. The Balaban J connectivity index is 0.00000121. The number of nitrogens with one attached hydrogen (secondary N) is 1. The molecule has 1 atom stereocenters. The molecule has 1 unspecified atom stereocenters. The van der Waals surface area contributed by atoms with Crippen molar-refractivity contribution < 1.29 is 5.48 Å². The summed E-state index contributed by atoms with van der Waals surface area (Å²) < 4.78 is 0. The Morgan fingerprint density at radius 1 is 1.75 bits per heavy atom. The number of H-pyrrole nitrogens is 1. The number of allylic oxidation sites excluding steroid dienone is 1. The third-order valence-corrected chi connectivity index (χ3v) is 1.63. The molecule has 0 aromatic carbocycles. The highest BCUT2D eigenvalue weighted by atomic mass is 16.0. The van der Waals surface area contributed by atoms with E-state index in [2.05, 4.69) is 16.5 Å². The summed E-state index contributed by atoms with van der Waals surface area (Å²) in [4.78, 5) is 7.16. The van der Waals surface area contributed by atoms with E-state index in [0.29, 0.717) is 6.54 Å². The van der Waals surface area contributed by atoms with Gasteiger partial charge < -0.3 is 16.2 Å². The zero-order chi connectivity index (χ0) is 8.10. The van der Waals surface area contributed by atoms with Crippen LogP contribution in [0.4, 0.5) is 0 Å². The summed E-state index contributed by atoms with van der Waals surface area (Å²) >= 11 is 0. The van der Waals surface area contributed by atoms with Crippen LogP contribution in [0.5, 0.6) is 0 Å². The van der Waals surface area contributed by atoms with E-state index in [-0.39, 0.29) is 11.4 Å². The monoisotopic (exact) mass is 169 g/mol. The molecule has 4 nitrogen and oxygen atoms in total. The van der Waals surface area contributed by atoms with Crippen LogP contribution in [-0.2, 0) is 0 Å². The quantitative estimate of drug-likeness (QED) is 0.631. The normalized spacial score (nSPS) is 11.8. The van der Waals surface area contributed by atoms with Gasteiger partial charge in [-0.2, -0.15) is 0 Å². The van der Waals surface area contributed by atoms with Crippen molar-refractivity contribution in [3.05, 3.63) is 30.9 Å². The number of nitrogens with zero attached hydrogens (tertiary/aromatic N) is 1. The Hall–Kier alpha value is -1.13. The maximum Gasteiger partial charge on any atom is 0.112 e. The molecule has 0 bridgehead atoms. The largest absolute Gasteiger partial charge is 0.412 e. The number of aromatic nitrogens is 2. The number of aromatic amines is 1. The smallest absolute Gasteiger partial charge is 0.112 e. The van der Waals surface area contributed by atoms with Gasteiger partial charge in [0.05, 0.1) is 0 Å². The van der Waals surface area contributed by atoms with Crippen LogP contribution >= 0.6 is 0 Å². The lowest BCUT2D eigenvalue weighted by atomic mass is 10.1. The fourth-order valence-electron chi connectivity index (χ4n) is 1.03. The maximum absolute atomic E-state index is 5.42. The fourth-order valence-corrected chi connectivity index (χ4v) is 1.03. The Labute approximate surface area is 71.8 Å². The minimum absolute atomic E-state index is 0. The molecule has 0 aliphatic heterocycles. The molecule has 5 N–H and O–H groups in total. The summed E-state index contributed by atoms with van der Waals surface area (Å²) in [5, 5.41) is 0. The lowest BCUT2D eigenvalue weighted by Gasteiger charge is -2.06. The van der Waals surface area contributed by atoms with Crippen LogP contribution in [0.15, 0.2) is 25.0 Å². The molecule has 0 spiro atoms. The first-order valence-electron chi connectivity index (χ1n) is 3.70. The lowest BCUT2D eigenvalue weighted by Crippen LogP contribution is -2.06. The molecule has 0 radical (unpaired) electrons. The van der Waals surface area contributed by atoms with Crippen LogP contribution in [0.3, 0.4) is 0 Å². The van der Waals surface area contributed by atoms with Crippen LogP contribution in [0, 0.1) is 0 Å². The molecule has 0 aliphatic rings. The second-order valence-corrected chi connectivity index (χ2v) is 2.39. The summed E-state index contributed by atoms with van der Waals surface area (Å²) in [6, 6.07) is 0. The summed E-state index contributed by atoms with van der Waals surface area (Å²) in [6.07, 6.45) is 6.31. The molecule has 1 heterocycles. The molecule has 0 amide bonds. The van der Waals surface area contributed by atoms with Gasteiger partial charge in [0.2, 0.25) is 0 Å². The van der Waals surface area contributed by atoms with Crippen LogP contribution in [0.25, 0.3) is 0 Å². The van der Waals surface area contributed by atoms with Gasteiger partial charge in [-0.15, -0.1) is 6.58 Å². The number of rotatable bonds is 4. The fraction of sp³-hybridized carbons (Fsp3) is 0.375. The molecule has 68 valence electrons. The molecule has 4 heteroatoms. The Morgan fingerprint density at radius 2 is 2.50 bits per heavy atom. The molecule has 1 aromatic rings. The van der Waals surface area contributed by atoms with Crippen molar-refractivity contribution in [3.8, 4) is 0 Å². The zero-order valence-corrected chi connectivity index (χ0v) is 6.96. The second-order valence-electron chi connectivity index (χ2n) is 2.39. The highest BCUT2D eigenvalue weighted by Gasteiger charge is 2.07. The molecule has 1 aromatic heterocycles. The van der Waals surface area contributed by atoms with E-state index in [1.165, 1.54) is 0 Å².